The van der Waals surface area contributed by atoms with Crippen LogP contribution in [0, 0.1) is 17.8 Å². The standard InChI is InChI=1S/C56H68N4O9/c1-33(2)26-55(3,65)30-57-31-59-50-10-6-9-40(28-61)67-49-24-36(12-18-48(49)64)54-56(50,66-32-60-38-7-4-5-8-38)27-46-45-23-37(22-34-11-17-47-35(21-34)19-20-58-47)44-25-39(63)13-15-42(44)51(45)53-43(52(46)69-54)16-14-41(29-62)68-53/h11-13,15,17-19,21,24-25,33,37-38,40-41,50,54,57,59-65H,4-5,7-9,14,16,20,22-23,26-32H2,1-3H3. The van der Waals surface area contributed by atoms with Crippen LogP contribution in [-0.2, 0) is 30.4 Å². The molecule has 6 aliphatic rings. The van der Waals surface area contributed by atoms with E-state index in [1.165, 1.54) is 5.56 Å². The number of phenols is 2. The summed E-state index contributed by atoms with van der Waals surface area (Å²) in [7, 11) is 0. The minimum absolute atomic E-state index is 0.0367. The smallest absolute Gasteiger partial charge is 0.161 e. The molecule has 13 heteroatoms. The number of nitrogens with zero attached hydrogens (tertiary/aromatic N) is 1. The van der Waals surface area contributed by atoms with Crippen molar-refractivity contribution >= 4 is 6.08 Å². The van der Waals surface area contributed by atoms with Crippen LogP contribution in [0.25, 0.3) is 17.2 Å². The summed E-state index contributed by atoms with van der Waals surface area (Å²) in [5.41, 5.74) is 5.64. The maximum atomic E-state index is 11.3. The molecular formula is C56H68N4O9. The van der Waals surface area contributed by atoms with Gasteiger partial charge in [-0.2, -0.15) is 0 Å². The zero-order valence-electron chi connectivity index (χ0n) is 40.2. The van der Waals surface area contributed by atoms with Gasteiger partial charge in [-0.05, 0) is 133 Å². The van der Waals surface area contributed by atoms with Crippen LogP contribution >= 0.6 is 0 Å². The fraction of sp³-hybridized carbons (Fsp3) is 0.518. The van der Waals surface area contributed by atoms with Crippen LogP contribution in [0.3, 0.4) is 0 Å². The number of aliphatic hydroxyl groups excluding tert-OH is 2. The van der Waals surface area contributed by atoms with Gasteiger partial charge in [0.05, 0.1) is 37.4 Å². The molecule has 13 nitrogen and oxygen atoms in total. The molecule has 4 heterocycles. The molecule has 7 unspecified atom stereocenters. The van der Waals surface area contributed by atoms with Crippen molar-refractivity contribution < 1.29 is 44.5 Å². The van der Waals surface area contributed by atoms with Crippen LogP contribution < -0.4 is 40.7 Å². The maximum absolute atomic E-state index is 11.3. The topological polar surface area (TPSA) is 187 Å². The number of hydrogen-bond donors (Lipinski definition) is 8. The van der Waals surface area contributed by atoms with Gasteiger partial charge in [0.15, 0.2) is 17.6 Å². The lowest BCUT2D eigenvalue weighted by Crippen LogP contribution is -2.62. The number of benzene rings is 4. The van der Waals surface area contributed by atoms with Gasteiger partial charge in [-0.1, -0.05) is 62.8 Å². The monoisotopic (exact) mass is 940 g/mol. The fourth-order valence-electron chi connectivity index (χ4n) is 12.0. The molecule has 0 saturated heterocycles. The quantitative estimate of drug-likeness (QED) is 0.0448. The van der Waals surface area contributed by atoms with E-state index in [0.717, 1.165) is 75.4 Å². The Bertz CT molecular complexity index is 2740. The van der Waals surface area contributed by atoms with Crippen LogP contribution in [0.4, 0.5) is 0 Å². The van der Waals surface area contributed by atoms with Gasteiger partial charge < -0.3 is 49.8 Å². The highest BCUT2D eigenvalue weighted by Crippen LogP contribution is 2.58. The zero-order valence-corrected chi connectivity index (χ0v) is 40.2. The third-order valence-electron chi connectivity index (χ3n) is 15.1. The van der Waals surface area contributed by atoms with Gasteiger partial charge in [-0.3, -0.25) is 15.6 Å². The Balaban J connectivity index is 1.16. The molecule has 4 aromatic carbocycles. The predicted molar refractivity (Wildman–Crippen MR) is 263 cm³/mol. The molecule has 366 valence electrons. The number of ether oxygens (including phenoxy) is 4. The molecule has 10 rings (SSSR count). The van der Waals surface area contributed by atoms with E-state index in [0.29, 0.717) is 74.9 Å². The van der Waals surface area contributed by atoms with Gasteiger partial charge in [-0.15, -0.1) is 0 Å². The second kappa shape index (κ2) is 19.9. The van der Waals surface area contributed by atoms with Crippen molar-refractivity contribution in [2.75, 3.05) is 39.7 Å². The molecule has 0 amide bonds. The second-order valence-electron chi connectivity index (χ2n) is 20.9. The summed E-state index contributed by atoms with van der Waals surface area (Å²) in [6, 6.07) is 17.0. The summed E-state index contributed by atoms with van der Waals surface area (Å²) in [5, 5.41) is 67.8. The number of aromatic hydroxyl groups is 2. The van der Waals surface area contributed by atoms with E-state index in [-0.39, 0.29) is 56.2 Å². The molecule has 2 bridgehead atoms. The van der Waals surface area contributed by atoms with Crippen molar-refractivity contribution in [2.24, 2.45) is 10.9 Å². The number of hydrogen-bond acceptors (Lipinski definition) is 13. The maximum Gasteiger partial charge on any atom is 0.161 e. The van der Waals surface area contributed by atoms with Crippen LogP contribution in [0.1, 0.15) is 111 Å². The van der Waals surface area contributed by atoms with Crippen LogP contribution in [0.2, 0.25) is 0 Å². The lowest BCUT2D eigenvalue weighted by molar-refractivity contribution is -0.143. The van der Waals surface area contributed by atoms with Gasteiger partial charge in [0, 0.05) is 48.8 Å². The first kappa shape index (κ1) is 47.5. The molecule has 1 saturated carbocycles. The van der Waals surface area contributed by atoms with Crippen LogP contribution in [-0.4, -0.2) is 101 Å². The van der Waals surface area contributed by atoms with Gasteiger partial charge in [0.2, 0.25) is 0 Å². The molecule has 1 fully saturated rings. The van der Waals surface area contributed by atoms with E-state index in [2.05, 4.69) is 70.9 Å². The van der Waals surface area contributed by atoms with E-state index >= 15 is 0 Å². The van der Waals surface area contributed by atoms with Crippen molar-refractivity contribution in [2.45, 2.75) is 139 Å². The predicted octanol–water partition coefficient (Wildman–Crippen LogP) is 5.12. The Hall–Kier alpha value is -5.17. The lowest BCUT2D eigenvalue weighted by Gasteiger charge is -2.49. The van der Waals surface area contributed by atoms with E-state index in [1.54, 1.807) is 18.2 Å². The number of phenolic OH excluding ortho intramolecular Hbond substituents is 2. The Morgan fingerprint density at radius 1 is 0.913 bits per heavy atom. The van der Waals surface area contributed by atoms with Crippen molar-refractivity contribution in [3.05, 3.63) is 98.6 Å². The molecule has 69 heavy (non-hydrogen) atoms. The SMILES string of the molecule is CC(C)CC(C)(O)CNCNC1C#CCC(CO)Oc2cc(ccc2O)C2Oc3c(c4c(c5c3CCC(CO)O5)-c3ccc(O)cc3C(Cc3ccc5c(c3)=CCN=5)C4)CC12OCNC1CCCC1. The first-order valence-corrected chi connectivity index (χ1v) is 25.2. The number of fused-ring (bicyclic) bond motifs is 13. The molecule has 8 N–H and O–H groups in total. The zero-order chi connectivity index (χ0) is 47.9. The highest BCUT2D eigenvalue weighted by Gasteiger charge is 2.55. The number of aliphatic hydroxyl groups is 3. The first-order valence-electron chi connectivity index (χ1n) is 25.2. The van der Waals surface area contributed by atoms with Gasteiger partial charge in [-0.25, -0.2) is 0 Å². The molecular weight excluding hydrogens is 873 g/mol. The second-order valence-corrected chi connectivity index (χ2v) is 20.9. The molecule has 0 spiro atoms. The highest BCUT2D eigenvalue weighted by atomic mass is 16.6. The summed E-state index contributed by atoms with van der Waals surface area (Å²) in [6.07, 6.45) is 8.33. The van der Waals surface area contributed by atoms with E-state index in [4.69, 9.17) is 18.9 Å². The number of nitrogens with one attached hydrogen (secondary N) is 3. The average molecular weight is 941 g/mol. The molecule has 4 aliphatic heterocycles. The van der Waals surface area contributed by atoms with Gasteiger partial charge >= 0.3 is 0 Å². The van der Waals surface area contributed by atoms with Crippen molar-refractivity contribution in [3.8, 4) is 51.7 Å². The Labute approximate surface area is 405 Å². The lowest BCUT2D eigenvalue weighted by atomic mass is 9.69. The number of rotatable bonds is 15. The summed E-state index contributed by atoms with van der Waals surface area (Å²) in [5.74, 6) is 8.97. The van der Waals surface area contributed by atoms with E-state index in [9.17, 15) is 25.5 Å². The third kappa shape index (κ3) is 9.70. The van der Waals surface area contributed by atoms with E-state index < -0.39 is 35.6 Å². The summed E-state index contributed by atoms with van der Waals surface area (Å²) in [4.78, 5) is 4.64. The minimum atomic E-state index is -1.23. The van der Waals surface area contributed by atoms with Crippen molar-refractivity contribution in [1.29, 1.82) is 0 Å². The molecule has 0 radical (unpaired) electrons. The Kier molecular flexibility index (Phi) is 13.7. The van der Waals surface area contributed by atoms with Crippen molar-refractivity contribution in [1.82, 2.24) is 16.0 Å². The Morgan fingerprint density at radius 2 is 1.75 bits per heavy atom. The minimum Gasteiger partial charge on any atom is -0.508 e. The third-order valence-corrected chi connectivity index (χ3v) is 15.1. The van der Waals surface area contributed by atoms with Crippen molar-refractivity contribution in [3.63, 3.8) is 0 Å². The van der Waals surface area contributed by atoms with Gasteiger partial charge in [0.25, 0.3) is 0 Å². The first-order chi connectivity index (χ1) is 33.4. The molecule has 0 aromatic heterocycles. The van der Waals surface area contributed by atoms with Gasteiger partial charge in [0.1, 0.15) is 41.1 Å². The van der Waals surface area contributed by atoms with E-state index in [1.807, 2.05) is 25.1 Å². The summed E-state index contributed by atoms with van der Waals surface area (Å²) < 4.78 is 28.3. The largest absolute Gasteiger partial charge is 0.508 e. The van der Waals surface area contributed by atoms with Crippen LogP contribution in [0.5, 0.6) is 28.7 Å². The highest BCUT2D eigenvalue weighted by molar-refractivity contribution is 5.85. The van der Waals surface area contributed by atoms with Crippen LogP contribution in [0.15, 0.2) is 59.6 Å². The normalized spacial score (nSPS) is 25.2. The molecule has 2 aliphatic carbocycles. The average Bonchev–Trinajstić information content (AvgIpc) is 4.04. The molecule has 4 aromatic rings. The Morgan fingerprint density at radius 3 is 2.57 bits per heavy atom. The molecule has 7 atom stereocenters. The summed E-state index contributed by atoms with van der Waals surface area (Å²) >= 11 is 0. The fourth-order valence-corrected chi connectivity index (χ4v) is 12.0. The summed E-state index contributed by atoms with van der Waals surface area (Å²) in [6.45, 7) is 7.15.